The molecule has 1 amide bonds. The average Bonchev–Trinajstić information content (AvgIpc) is 0.878. The molecule has 4 saturated carbocycles. The lowest BCUT2D eigenvalue weighted by Crippen LogP contribution is -2.71. The minimum Gasteiger partial charge on any atom is -0.432 e. The van der Waals surface area contributed by atoms with Gasteiger partial charge in [0.15, 0.2) is 56.4 Å². The monoisotopic (exact) mass is 2150 g/mol. The third-order valence-electron chi connectivity index (χ3n) is 35.7. The molecular weight excluding hydrogens is 1990 g/mol. The van der Waals surface area contributed by atoms with E-state index < -0.39 is 403 Å². The summed E-state index contributed by atoms with van der Waals surface area (Å²) in [5.74, 6) is -5.40. The molecule has 14 rings (SSSR count). The first-order valence-electron chi connectivity index (χ1n) is 52.1. The largest absolute Gasteiger partial charge is 0.432 e. The predicted molar refractivity (Wildman–Crippen MR) is 494 cm³/mol. The number of ether oxygens (including phenoxy) is 18. The molecule has 17 unspecified atom stereocenters. The Balaban J connectivity index is 0.00000610. The maximum absolute atomic E-state index is 16.9. The number of hydrogen-bond acceptors (Lipinski definition) is 49. The van der Waals surface area contributed by atoms with Crippen LogP contribution in [0, 0.1) is 68.0 Å². The van der Waals surface area contributed by atoms with E-state index in [-0.39, 0.29) is 68.9 Å². The van der Waals surface area contributed by atoms with Crippen LogP contribution in [0.4, 0.5) is 0 Å². The van der Waals surface area contributed by atoms with Crippen LogP contribution in [-0.4, -0.2) is 480 Å². The number of rotatable bonds is 38. The summed E-state index contributed by atoms with van der Waals surface area (Å²) in [5, 5.41) is 284. The van der Waals surface area contributed by atoms with Crippen LogP contribution < -0.4 is 5.32 Å². The Bertz CT molecular complexity index is 4410. The highest BCUT2D eigenvalue weighted by Crippen LogP contribution is 2.76. The highest BCUT2D eigenvalue weighted by atomic mass is 16.8. The van der Waals surface area contributed by atoms with E-state index in [4.69, 9.17) is 94.9 Å². The second kappa shape index (κ2) is 49.7. The van der Waals surface area contributed by atoms with Crippen LogP contribution in [0.3, 0.4) is 0 Å². The molecule has 9 heterocycles. The van der Waals surface area contributed by atoms with Gasteiger partial charge in [0, 0.05) is 19.3 Å². The fraction of sp³-hybridized carbons (Fsp3) is 0.929. The van der Waals surface area contributed by atoms with Crippen molar-refractivity contribution in [3.63, 3.8) is 0 Å². The van der Waals surface area contributed by atoms with Gasteiger partial charge in [-0.3, -0.25) is 14.4 Å². The van der Waals surface area contributed by atoms with Gasteiger partial charge in [-0.15, -0.1) is 0 Å². The number of aliphatic hydroxyl groups is 25. The maximum Gasteiger partial charge on any atom is 0.373 e. The van der Waals surface area contributed by atoms with Crippen molar-refractivity contribution in [2.24, 2.45) is 68.0 Å². The second-order valence-electron chi connectivity index (χ2n) is 45.6. The van der Waals surface area contributed by atoms with Gasteiger partial charge in [-0.2, -0.15) is 9.59 Å². The van der Waals surface area contributed by atoms with Crippen LogP contribution in [0.15, 0.2) is 11.6 Å². The molecule has 50 heteroatoms. The zero-order valence-electron chi connectivity index (χ0n) is 85.9. The number of carbonyl (C=O) groups is 4. The van der Waals surface area contributed by atoms with E-state index in [1.165, 1.54) is 13.8 Å². The Hall–Kier alpha value is -4.28. The summed E-state index contributed by atoms with van der Waals surface area (Å²) in [4.78, 5) is 76.9. The third kappa shape index (κ3) is 24.4. The molecule has 0 aromatic carbocycles. The first-order chi connectivity index (χ1) is 70.1. The average molecular weight is 2150 g/mol. The molecule has 0 bridgehead atoms. The fourth-order valence-corrected chi connectivity index (χ4v) is 26.0. The number of esters is 1. The van der Waals surface area contributed by atoms with Crippen molar-refractivity contribution < 1.29 is 242 Å². The highest BCUT2D eigenvalue weighted by Gasteiger charge is 2.74. The van der Waals surface area contributed by atoms with Crippen LogP contribution in [-0.2, 0) is 114 Å². The van der Waals surface area contributed by atoms with E-state index >= 15 is 9.59 Å². The van der Waals surface area contributed by atoms with Gasteiger partial charge in [-0.25, -0.2) is 0 Å². The Labute approximate surface area is 861 Å². The Morgan fingerprint density at radius 3 is 1.62 bits per heavy atom. The number of Topliss-reactive ketones (excluding diaryl/α,β-unsaturated/α-hetero) is 1. The molecule has 0 aromatic heterocycles. The lowest BCUT2D eigenvalue weighted by Gasteiger charge is -2.71. The van der Waals surface area contributed by atoms with Crippen LogP contribution in [0.25, 0.3) is 0 Å². The van der Waals surface area contributed by atoms with E-state index in [2.05, 4.69) is 32.2 Å². The van der Waals surface area contributed by atoms with Gasteiger partial charge < -0.3 is 223 Å². The Morgan fingerprint density at radius 1 is 0.497 bits per heavy atom. The zero-order valence-corrected chi connectivity index (χ0v) is 85.9. The number of allylic oxidation sites excluding steroid dienone is 2. The van der Waals surface area contributed by atoms with Crippen molar-refractivity contribution in [3.05, 3.63) is 11.6 Å². The number of aldehydes is 1. The van der Waals surface area contributed by atoms with Crippen molar-refractivity contribution in [3.8, 4) is 0 Å². The van der Waals surface area contributed by atoms with Crippen molar-refractivity contribution in [1.82, 2.24) is 5.32 Å². The van der Waals surface area contributed by atoms with Gasteiger partial charge in [-0.05, 0) is 135 Å². The molecule has 50 nitrogen and oxygen atoms in total. The predicted octanol–water partition coefficient (Wildman–Crippen LogP) is -7.66. The lowest BCUT2D eigenvalue weighted by molar-refractivity contribution is -0.386. The van der Waals surface area contributed by atoms with Crippen molar-refractivity contribution >= 4 is 30.1 Å². The van der Waals surface area contributed by atoms with Crippen molar-refractivity contribution in [2.75, 3.05) is 52.9 Å². The molecule has 9 aliphatic heterocycles. The third-order valence-corrected chi connectivity index (χ3v) is 35.7. The minimum absolute atomic E-state index is 0.0511. The molecule has 0 spiro atoms. The van der Waals surface area contributed by atoms with Crippen LogP contribution in [0.2, 0.25) is 0 Å². The zero-order chi connectivity index (χ0) is 110. The number of hydrogen-bond donors (Lipinski definition) is 26. The number of amides is 1. The summed E-state index contributed by atoms with van der Waals surface area (Å²) < 4.78 is 111. The van der Waals surface area contributed by atoms with Gasteiger partial charge in [-0.1, -0.05) is 93.7 Å². The molecule has 5 aliphatic carbocycles. The molecule has 0 radical (unpaired) electrons. The molecular formula is C99H161NO49. The van der Waals surface area contributed by atoms with Crippen LogP contribution in [0.1, 0.15) is 186 Å². The smallest absolute Gasteiger partial charge is 0.373 e. The number of nitrogens with one attached hydrogen (secondary N) is 1. The quantitative estimate of drug-likeness (QED) is 0.0118. The van der Waals surface area contributed by atoms with Gasteiger partial charge in [0.1, 0.15) is 176 Å². The van der Waals surface area contributed by atoms with Gasteiger partial charge in [0.05, 0.1) is 113 Å². The molecule has 0 aromatic rings. The summed E-state index contributed by atoms with van der Waals surface area (Å²) in [6.45, 7) is 16.3. The minimum atomic E-state index is -2.32. The number of fused-ring (bicyclic) bond motifs is 7. The topological polar surface area (TPSA) is 786 Å². The first-order valence-corrected chi connectivity index (χ1v) is 52.1. The molecule has 55 atom stereocenters. The van der Waals surface area contributed by atoms with Crippen LogP contribution >= 0.6 is 0 Å². The Morgan fingerprint density at radius 2 is 1.01 bits per heavy atom. The fourth-order valence-electron chi connectivity index (χ4n) is 26.0. The Kier molecular flexibility index (Phi) is 40.6. The molecule has 14 aliphatic rings. The number of ketones is 1. The molecule has 9 saturated heterocycles. The summed E-state index contributed by atoms with van der Waals surface area (Å²) in [7, 11) is 0. The standard InChI is InChI=1S/C98H161NO47.CO2/c1-13-39(3)43(23-44(105)25-46(107)26-52(40(4)14-2)135-86-70(121)65(116)55(32-102)137-86)24-45(106)27-60(112)99-61-53(30-100)136-89(80(78(61)143-84-71(122)66(117)62(113)41(5)133-84)145-85-73(124)68(119)75(42(6)134-85)140-83-74(125)76(50(109)34-130-83)141-90-81(126)97(128,37-104)38-132-90)146-91(127)98-22-21-92(7,8)28-48(98)47-15-16-57-93(9)19-18-59(94(10,36-103)56(93)17-20-95(57,11)96(47,12)29-58(98)111)139-88-79(144-87-72(123)67(118)64(115)54(31-101)138-87)77(51(110)35-131-88)142-82-69(120)63(114)49(108)33-129-82;2-1-3/h15,36,39-43,45-46,48-59,61-90,100-102,104,106-111,113-126,128H,13-14,16-35,37-38H2,1-12H3,(H,99,112);/t39-,40-,41?,42?,43+,45+,46-,48?,49-,50-,51-,52+,53?,54?,55+,56-,57?,58?,59+,61+,62+,63+,64+,65-,66+,67+,68?,69?,70?,71?,72?,73+,74-,75+,76?,77+,78?,79?,80-,81?,82+,83+,84+,85+,86-,87+,88+,89+,90+,93?,94-,95+,96-,97+,98-;/m1./s1. The van der Waals surface area contributed by atoms with Gasteiger partial charge in [0.2, 0.25) is 12.2 Å². The lowest BCUT2D eigenvalue weighted by atomic mass is 9.33. The second-order valence-corrected chi connectivity index (χ2v) is 45.6. The molecule has 149 heavy (non-hydrogen) atoms. The normalized spacial score (nSPS) is 48.5. The number of aliphatic hydroxyl groups excluding tert-OH is 24. The van der Waals surface area contributed by atoms with Crippen molar-refractivity contribution in [2.45, 2.75) is 456 Å². The van der Waals surface area contributed by atoms with Crippen molar-refractivity contribution in [1.29, 1.82) is 0 Å². The summed E-state index contributed by atoms with van der Waals surface area (Å²) in [6.07, 6.45) is -68.6. The van der Waals surface area contributed by atoms with Crippen LogP contribution in [0.5, 0.6) is 0 Å². The number of carbonyl (C=O) groups excluding carboxylic acids is 6. The summed E-state index contributed by atoms with van der Waals surface area (Å²) in [6, 6.07) is -1.85. The highest BCUT2D eigenvalue weighted by molar-refractivity contribution is 5.81. The van der Waals surface area contributed by atoms with Gasteiger partial charge >= 0.3 is 12.1 Å². The first kappa shape index (κ1) is 122. The van der Waals surface area contributed by atoms with Gasteiger partial charge in [0.25, 0.3) is 0 Å². The molecule has 13 fully saturated rings. The van der Waals surface area contributed by atoms with E-state index in [1.807, 2.05) is 41.5 Å². The maximum atomic E-state index is 16.9. The summed E-state index contributed by atoms with van der Waals surface area (Å²) in [5.41, 5.74) is -7.77. The molecule has 26 N–H and O–H groups in total. The molecule has 856 valence electrons. The van der Waals surface area contributed by atoms with E-state index in [9.17, 15) is 137 Å². The van der Waals surface area contributed by atoms with E-state index in [0.717, 1.165) is 11.9 Å². The SMILES string of the molecule is CC[C@@H](C)[C@@H](CC(=O)C[C@@H](O)C[C@H](O[C@@H]1O[C@@H](CO)[C@@H](O)C1O)[C@H](C)CC)C[C@H](O)CC(=O)N[C@H]1C(CO)O[C@@H](OC(=O)[C@]23CCC(C)(C)CC2C2=CCC4C5(C)CC[C@H](O[C@@H]6OC[C@@H](O)[C@H](O[C@@H]7OC[C@@H](O)[C@H](O)C7O)C6O[C@@H]6OC(CO)[C@H](O)[C@H](O)C6O)[C@](C)(C=O)[C@@H]5CC[C@]4(C)[C@]2(C)CC3O)[C@H](O[C@@H]2OC(C)[C@H](O[C@@H]3OC[C@@H](O)C(O[C@@H]4OC[C@@](O)(CO)C4O)[C@H]3O)C(O)[C@@H]2O)C1O[C@@H]1OC(C)[C@H](O)[C@H](O)C1O.O=C=O. The van der Waals surface area contributed by atoms with E-state index in [1.54, 1.807) is 6.92 Å². The summed E-state index contributed by atoms with van der Waals surface area (Å²) >= 11 is 0. The van der Waals surface area contributed by atoms with E-state index in [0.29, 0.717) is 44.9 Å².